The third kappa shape index (κ3) is 3.67. The number of halogens is 5. The molecule has 21 heavy (non-hydrogen) atoms. The van der Waals surface area contributed by atoms with Gasteiger partial charge in [-0.2, -0.15) is 13.2 Å². The molecule has 0 atom stereocenters. The summed E-state index contributed by atoms with van der Waals surface area (Å²) in [5, 5.41) is 0. The molecular weight excluding hydrogens is 308 g/mol. The van der Waals surface area contributed by atoms with Crippen molar-refractivity contribution in [3.8, 4) is 11.5 Å². The van der Waals surface area contributed by atoms with Crippen molar-refractivity contribution in [2.45, 2.75) is 19.0 Å². The van der Waals surface area contributed by atoms with E-state index in [2.05, 4.69) is 0 Å². The van der Waals surface area contributed by atoms with Gasteiger partial charge in [-0.05, 0) is 48.4 Å². The maximum atomic E-state index is 13.0. The van der Waals surface area contributed by atoms with Crippen LogP contribution < -0.4 is 4.74 Å². The quantitative estimate of drug-likeness (QED) is 0.522. The fraction of sp³-hybridized carbons (Fsp3) is 0.200. The van der Waals surface area contributed by atoms with Gasteiger partial charge in [-0.1, -0.05) is 6.07 Å². The Hall–Kier alpha value is -1.75. The molecule has 2 rings (SSSR count). The van der Waals surface area contributed by atoms with Gasteiger partial charge in [-0.25, -0.2) is 4.39 Å². The van der Waals surface area contributed by atoms with Crippen molar-refractivity contribution in [1.82, 2.24) is 0 Å². The molecule has 0 heterocycles. The van der Waals surface area contributed by atoms with Gasteiger partial charge in [-0.3, -0.25) is 0 Å². The second kappa shape index (κ2) is 5.93. The van der Waals surface area contributed by atoms with E-state index in [-0.39, 0.29) is 17.4 Å². The summed E-state index contributed by atoms with van der Waals surface area (Å²) in [6, 6.07) is 7.22. The SMILES string of the molecule is Cc1cc(F)ccc1Oc1ccc(CCl)cc1C(F)(F)F. The van der Waals surface area contributed by atoms with Crippen molar-refractivity contribution in [3.05, 3.63) is 58.9 Å². The lowest BCUT2D eigenvalue weighted by Crippen LogP contribution is -2.08. The van der Waals surface area contributed by atoms with E-state index in [0.717, 1.165) is 12.1 Å². The average Bonchev–Trinajstić information content (AvgIpc) is 2.41. The van der Waals surface area contributed by atoms with Crippen LogP contribution in [0.4, 0.5) is 17.6 Å². The second-order valence-corrected chi connectivity index (χ2v) is 4.74. The molecule has 0 radical (unpaired) electrons. The van der Waals surface area contributed by atoms with Crippen LogP contribution in [0.25, 0.3) is 0 Å². The monoisotopic (exact) mass is 318 g/mol. The molecule has 2 aromatic carbocycles. The van der Waals surface area contributed by atoms with Crippen LogP contribution in [0.15, 0.2) is 36.4 Å². The molecular formula is C15H11ClF4O. The van der Waals surface area contributed by atoms with Crippen LogP contribution in [0.3, 0.4) is 0 Å². The van der Waals surface area contributed by atoms with E-state index < -0.39 is 17.6 Å². The first kappa shape index (κ1) is 15.6. The second-order valence-electron chi connectivity index (χ2n) is 4.47. The lowest BCUT2D eigenvalue weighted by molar-refractivity contribution is -0.138. The highest BCUT2D eigenvalue weighted by Gasteiger charge is 2.35. The van der Waals surface area contributed by atoms with Gasteiger partial charge in [0.2, 0.25) is 0 Å². The normalized spacial score (nSPS) is 11.5. The largest absolute Gasteiger partial charge is 0.456 e. The molecule has 2 aromatic rings. The molecule has 0 aliphatic carbocycles. The Labute approximate surface area is 124 Å². The Morgan fingerprint density at radius 2 is 1.71 bits per heavy atom. The van der Waals surface area contributed by atoms with E-state index in [9.17, 15) is 17.6 Å². The topological polar surface area (TPSA) is 9.23 Å². The minimum absolute atomic E-state index is 0.0288. The van der Waals surface area contributed by atoms with Crippen LogP contribution in [0.1, 0.15) is 16.7 Å². The molecule has 0 amide bonds. The Balaban J connectivity index is 2.44. The number of alkyl halides is 4. The highest BCUT2D eigenvalue weighted by molar-refractivity contribution is 6.17. The minimum atomic E-state index is -4.56. The lowest BCUT2D eigenvalue weighted by atomic mass is 10.1. The first-order valence-electron chi connectivity index (χ1n) is 6.01. The standard InChI is InChI=1S/C15H11ClF4O/c1-9-6-11(17)3-5-13(9)21-14-4-2-10(8-16)7-12(14)15(18,19)20/h2-7H,8H2,1H3. The summed E-state index contributed by atoms with van der Waals surface area (Å²) in [6.07, 6.45) is -4.56. The maximum Gasteiger partial charge on any atom is 0.419 e. The third-order valence-electron chi connectivity index (χ3n) is 2.86. The number of benzene rings is 2. The van der Waals surface area contributed by atoms with Crippen LogP contribution in [0.5, 0.6) is 11.5 Å². The molecule has 0 saturated heterocycles. The van der Waals surface area contributed by atoms with Crippen molar-refractivity contribution in [1.29, 1.82) is 0 Å². The highest BCUT2D eigenvalue weighted by Crippen LogP contribution is 2.39. The van der Waals surface area contributed by atoms with Gasteiger partial charge in [0.1, 0.15) is 17.3 Å². The van der Waals surface area contributed by atoms with Gasteiger partial charge in [0, 0.05) is 5.88 Å². The summed E-state index contributed by atoms with van der Waals surface area (Å²) in [6.45, 7) is 1.55. The molecule has 0 N–H and O–H groups in total. The van der Waals surface area contributed by atoms with Gasteiger partial charge in [-0.15, -0.1) is 11.6 Å². The summed E-state index contributed by atoms with van der Waals surface area (Å²) >= 11 is 5.55. The molecule has 0 fully saturated rings. The molecule has 0 aliphatic rings. The van der Waals surface area contributed by atoms with E-state index in [4.69, 9.17) is 16.3 Å². The molecule has 0 aliphatic heterocycles. The van der Waals surface area contributed by atoms with E-state index in [1.807, 2.05) is 0 Å². The molecule has 0 bridgehead atoms. The van der Waals surface area contributed by atoms with E-state index in [1.165, 1.54) is 24.3 Å². The summed E-state index contributed by atoms with van der Waals surface area (Å²) in [7, 11) is 0. The van der Waals surface area contributed by atoms with Crippen LogP contribution in [-0.2, 0) is 12.1 Å². The van der Waals surface area contributed by atoms with Crippen molar-refractivity contribution >= 4 is 11.6 Å². The lowest BCUT2D eigenvalue weighted by Gasteiger charge is -2.15. The van der Waals surface area contributed by atoms with Crippen LogP contribution in [0.2, 0.25) is 0 Å². The van der Waals surface area contributed by atoms with E-state index in [0.29, 0.717) is 11.1 Å². The molecule has 1 nitrogen and oxygen atoms in total. The predicted octanol–water partition coefficient (Wildman–Crippen LogP) is 5.68. The molecule has 0 unspecified atom stereocenters. The van der Waals surface area contributed by atoms with Crippen LogP contribution in [0, 0.1) is 12.7 Å². The van der Waals surface area contributed by atoms with Gasteiger partial charge < -0.3 is 4.74 Å². The Morgan fingerprint density at radius 3 is 2.29 bits per heavy atom. The number of hydrogen-bond acceptors (Lipinski definition) is 1. The van der Waals surface area contributed by atoms with E-state index in [1.54, 1.807) is 6.92 Å². The summed E-state index contributed by atoms with van der Waals surface area (Å²) < 4.78 is 57.4. The molecule has 112 valence electrons. The first-order valence-corrected chi connectivity index (χ1v) is 6.55. The smallest absolute Gasteiger partial charge is 0.419 e. The van der Waals surface area contributed by atoms with Gasteiger partial charge >= 0.3 is 6.18 Å². The van der Waals surface area contributed by atoms with Gasteiger partial charge in [0.25, 0.3) is 0 Å². The van der Waals surface area contributed by atoms with Crippen molar-refractivity contribution in [2.75, 3.05) is 0 Å². The molecule has 0 spiro atoms. The van der Waals surface area contributed by atoms with E-state index >= 15 is 0 Å². The zero-order valence-corrected chi connectivity index (χ0v) is 11.7. The Kier molecular flexibility index (Phi) is 4.42. The fourth-order valence-electron chi connectivity index (χ4n) is 1.82. The Morgan fingerprint density at radius 1 is 1.05 bits per heavy atom. The van der Waals surface area contributed by atoms with Crippen molar-refractivity contribution in [2.24, 2.45) is 0 Å². The molecule has 0 saturated carbocycles. The first-order chi connectivity index (χ1) is 9.81. The summed E-state index contributed by atoms with van der Waals surface area (Å²) in [4.78, 5) is 0. The minimum Gasteiger partial charge on any atom is -0.456 e. The zero-order chi connectivity index (χ0) is 15.6. The number of ether oxygens (including phenoxy) is 1. The van der Waals surface area contributed by atoms with Gasteiger partial charge in [0.15, 0.2) is 0 Å². The zero-order valence-electron chi connectivity index (χ0n) is 11.0. The number of rotatable bonds is 3. The summed E-state index contributed by atoms with van der Waals surface area (Å²) in [5.41, 5.74) is -0.166. The third-order valence-corrected chi connectivity index (χ3v) is 3.17. The van der Waals surface area contributed by atoms with Crippen LogP contribution >= 0.6 is 11.6 Å². The number of hydrogen-bond donors (Lipinski definition) is 0. The predicted molar refractivity (Wildman–Crippen MR) is 72.2 cm³/mol. The number of aryl methyl sites for hydroxylation is 1. The van der Waals surface area contributed by atoms with Crippen LogP contribution in [-0.4, -0.2) is 0 Å². The van der Waals surface area contributed by atoms with Crippen molar-refractivity contribution < 1.29 is 22.3 Å². The summed E-state index contributed by atoms with van der Waals surface area (Å²) in [5.74, 6) is -0.682. The Bertz CT molecular complexity index is 653. The van der Waals surface area contributed by atoms with Gasteiger partial charge in [0.05, 0.1) is 5.56 Å². The highest BCUT2D eigenvalue weighted by atomic mass is 35.5. The fourth-order valence-corrected chi connectivity index (χ4v) is 1.98. The van der Waals surface area contributed by atoms with Crippen molar-refractivity contribution in [3.63, 3.8) is 0 Å². The average molecular weight is 319 g/mol. The molecule has 0 aromatic heterocycles. The molecule has 6 heteroatoms. The maximum absolute atomic E-state index is 13.0.